The molecular weight excluding hydrogens is 265 g/mol. The van der Waals surface area contributed by atoms with Gasteiger partial charge in [-0.1, -0.05) is 12.1 Å². The molecule has 0 amide bonds. The Morgan fingerprint density at radius 3 is 2.67 bits per heavy atom. The first-order chi connectivity index (χ1) is 10.1. The second-order valence-electron chi connectivity index (χ2n) is 6.59. The first-order valence-electron chi connectivity index (χ1n) is 8.09. The minimum atomic E-state index is -0.197. The summed E-state index contributed by atoms with van der Waals surface area (Å²) in [5.41, 5.74) is 7.28. The van der Waals surface area contributed by atoms with Gasteiger partial charge in [0.05, 0.1) is 0 Å². The molecule has 2 aliphatic rings. The Labute approximate surface area is 126 Å². The summed E-state index contributed by atoms with van der Waals surface area (Å²) in [4.78, 5) is 5.13. The van der Waals surface area contributed by atoms with Gasteiger partial charge in [-0.3, -0.25) is 4.90 Å². The summed E-state index contributed by atoms with van der Waals surface area (Å²) in [5.74, 6) is -0.197. The van der Waals surface area contributed by atoms with Gasteiger partial charge < -0.3 is 10.6 Å². The molecule has 0 radical (unpaired) electrons. The summed E-state index contributed by atoms with van der Waals surface area (Å²) in [6.07, 6.45) is 4.91. The maximum Gasteiger partial charge on any atom is 0.123 e. The SMILES string of the molecule is CN1C2CCC1CN(CCC(N)c1ccc(F)cc1)CC2. The monoisotopic (exact) mass is 291 g/mol. The van der Waals surface area contributed by atoms with Gasteiger partial charge in [-0.2, -0.15) is 0 Å². The number of fused-ring (bicyclic) bond motifs is 2. The topological polar surface area (TPSA) is 32.5 Å². The zero-order chi connectivity index (χ0) is 14.8. The van der Waals surface area contributed by atoms with Crippen LogP contribution >= 0.6 is 0 Å². The van der Waals surface area contributed by atoms with Crippen molar-refractivity contribution in [3.8, 4) is 0 Å². The van der Waals surface area contributed by atoms with E-state index in [2.05, 4.69) is 16.8 Å². The Morgan fingerprint density at radius 2 is 1.90 bits per heavy atom. The lowest BCUT2D eigenvalue weighted by Gasteiger charge is -2.26. The number of nitrogens with two attached hydrogens (primary N) is 1. The first kappa shape index (κ1) is 14.9. The van der Waals surface area contributed by atoms with E-state index in [0.29, 0.717) is 0 Å². The number of likely N-dealkylation sites (N-methyl/N-ethyl adjacent to an activating group) is 1. The molecule has 2 heterocycles. The number of nitrogens with zero attached hydrogens (tertiary/aromatic N) is 2. The van der Waals surface area contributed by atoms with Gasteiger partial charge in [0.15, 0.2) is 0 Å². The first-order valence-corrected chi connectivity index (χ1v) is 8.09. The number of likely N-dealkylation sites (tertiary alicyclic amines) is 1. The largest absolute Gasteiger partial charge is 0.324 e. The van der Waals surface area contributed by atoms with Gasteiger partial charge in [-0.15, -0.1) is 0 Å². The van der Waals surface area contributed by atoms with Gasteiger partial charge in [0, 0.05) is 31.2 Å². The Bertz CT molecular complexity index is 462. The van der Waals surface area contributed by atoms with Crippen LogP contribution in [-0.4, -0.2) is 48.6 Å². The van der Waals surface area contributed by atoms with Crippen LogP contribution in [0.25, 0.3) is 0 Å². The van der Waals surface area contributed by atoms with Crippen molar-refractivity contribution in [2.24, 2.45) is 5.73 Å². The highest BCUT2D eigenvalue weighted by molar-refractivity contribution is 5.19. The molecule has 3 atom stereocenters. The third-order valence-electron chi connectivity index (χ3n) is 5.29. The molecule has 0 aromatic heterocycles. The van der Waals surface area contributed by atoms with Gasteiger partial charge >= 0.3 is 0 Å². The third-order valence-corrected chi connectivity index (χ3v) is 5.29. The van der Waals surface area contributed by atoms with E-state index in [9.17, 15) is 4.39 Å². The van der Waals surface area contributed by atoms with E-state index in [1.807, 2.05) is 0 Å². The number of hydrogen-bond donors (Lipinski definition) is 1. The van der Waals surface area contributed by atoms with Gasteiger partial charge in [-0.05, 0) is 57.0 Å². The van der Waals surface area contributed by atoms with Gasteiger partial charge in [0.1, 0.15) is 5.82 Å². The average molecular weight is 291 g/mol. The molecule has 2 saturated heterocycles. The lowest BCUT2D eigenvalue weighted by molar-refractivity contribution is 0.215. The van der Waals surface area contributed by atoms with E-state index >= 15 is 0 Å². The summed E-state index contributed by atoms with van der Waals surface area (Å²) >= 11 is 0. The number of benzene rings is 1. The molecule has 2 N–H and O–H groups in total. The van der Waals surface area contributed by atoms with Crippen molar-refractivity contribution in [3.63, 3.8) is 0 Å². The third kappa shape index (κ3) is 3.44. The molecule has 2 bridgehead atoms. The minimum Gasteiger partial charge on any atom is -0.324 e. The van der Waals surface area contributed by atoms with Crippen LogP contribution in [0.5, 0.6) is 0 Å². The van der Waals surface area contributed by atoms with E-state index < -0.39 is 0 Å². The van der Waals surface area contributed by atoms with Crippen LogP contribution in [0.3, 0.4) is 0 Å². The van der Waals surface area contributed by atoms with Crippen molar-refractivity contribution in [3.05, 3.63) is 35.6 Å². The molecule has 4 heteroatoms. The predicted octanol–water partition coefficient (Wildman–Crippen LogP) is 2.38. The van der Waals surface area contributed by atoms with Crippen LogP contribution in [-0.2, 0) is 0 Å². The zero-order valence-corrected chi connectivity index (χ0v) is 12.8. The average Bonchev–Trinajstić information content (AvgIpc) is 2.72. The second kappa shape index (κ2) is 6.42. The van der Waals surface area contributed by atoms with Crippen LogP contribution in [0, 0.1) is 5.82 Å². The summed E-state index contributed by atoms with van der Waals surface area (Å²) in [6, 6.07) is 8.11. The molecule has 0 spiro atoms. The summed E-state index contributed by atoms with van der Waals surface area (Å²) in [6.45, 7) is 3.39. The van der Waals surface area contributed by atoms with E-state index in [1.54, 1.807) is 12.1 Å². The Hall–Kier alpha value is -0.970. The Morgan fingerprint density at radius 1 is 1.19 bits per heavy atom. The summed E-state index contributed by atoms with van der Waals surface area (Å²) < 4.78 is 12.9. The van der Waals surface area contributed by atoms with Crippen LogP contribution < -0.4 is 5.73 Å². The van der Waals surface area contributed by atoms with Crippen molar-refractivity contribution in [2.45, 2.75) is 43.8 Å². The fourth-order valence-electron chi connectivity index (χ4n) is 3.78. The molecule has 0 saturated carbocycles. The van der Waals surface area contributed by atoms with Crippen LogP contribution in [0.1, 0.15) is 37.3 Å². The molecule has 3 rings (SSSR count). The highest BCUT2D eigenvalue weighted by Gasteiger charge is 2.34. The standard InChI is InChI=1S/C17H26FN3/c1-20-15-6-7-16(20)12-21(10-8-15)11-9-17(19)13-2-4-14(18)5-3-13/h2-5,15-17H,6-12,19H2,1H3. The molecule has 3 nitrogen and oxygen atoms in total. The normalized spacial score (nSPS) is 28.5. The van der Waals surface area contributed by atoms with E-state index in [0.717, 1.165) is 30.6 Å². The van der Waals surface area contributed by atoms with E-state index in [1.165, 1.54) is 44.5 Å². The quantitative estimate of drug-likeness (QED) is 0.924. The van der Waals surface area contributed by atoms with E-state index in [-0.39, 0.29) is 11.9 Å². The van der Waals surface area contributed by atoms with Crippen LogP contribution in [0.2, 0.25) is 0 Å². The van der Waals surface area contributed by atoms with Crippen molar-refractivity contribution in [1.29, 1.82) is 0 Å². The predicted molar refractivity (Wildman–Crippen MR) is 83.6 cm³/mol. The van der Waals surface area contributed by atoms with Gasteiger partial charge in [0.2, 0.25) is 0 Å². The summed E-state index contributed by atoms with van der Waals surface area (Å²) in [5, 5.41) is 0. The van der Waals surface area contributed by atoms with Crippen molar-refractivity contribution in [2.75, 3.05) is 26.7 Å². The number of hydrogen-bond acceptors (Lipinski definition) is 3. The lowest BCUT2D eigenvalue weighted by atomic mass is 10.0. The highest BCUT2D eigenvalue weighted by atomic mass is 19.1. The fourth-order valence-corrected chi connectivity index (χ4v) is 3.78. The molecular formula is C17H26FN3. The van der Waals surface area contributed by atoms with Crippen molar-refractivity contribution >= 4 is 0 Å². The smallest absolute Gasteiger partial charge is 0.123 e. The van der Waals surface area contributed by atoms with Crippen LogP contribution in [0.15, 0.2) is 24.3 Å². The molecule has 3 unspecified atom stereocenters. The molecule has 1 aromatic rings. The highest BCUT2D eigenvalue weighted by Crippen LogP contribution is 2.28. The Balaban J connectivity index is 1.52. The molecule has 2 aliphatic heterocycles. The Kier molecular flexibility index (Phi) is 4.57. The minimum absolute atomic E-state index is 0.00349. The molecule has 21 heavy (non-hydrogen) atoms. The summed E-state index contributed by atoms with van der Waals surface area (Å²) in [7, 11) is 2.27. The van der Waals surface area contributed by atoms with Gasteiger partial charge in [0.25, 0.3) is 0 Å². The van der Waals surface area contributed by atoms with Crippen LogP contribution in [0.4, 0.5) is 4.39 Å². The number of rotatable bonds is 4. The molecule has 2 fully saturated rings. The number of halogens is 1. The van der Waals surface area contributed by atoms with Crippen molar-refractivity contribution < 1.29 is 4.39 Å². The molecule has 1 aromatic carbocycles. The maximum absolute atomic E-state index is 12.9. The lowest BCUT2D eigenvalue weighted by Crippen LogP contribution is -2.37. The van der Waals surface area contributed by atoms with Crippen molar-refractivity contribution in [1.82, 2.24) is 9.80 Å². The maximum atomic E-state index is 12.9. The molecule has 116 valence electrons. The second-order valence-corrected chi connectivity index (χ2v) is 6.59. The van der Waals surface area contributed by atoms with E-state index in [4.69, 9.17) is 5.73 Å². The molecule has 0 aliphatic carbocycles. The fraction of sp³-hybridized carbons (Fsp3) is 0.647. The zero-order valence-electron chi connectivity index (χ0n) is 12.8. The van der Waals surface area contributed by atoms with Gasteiger partial charge in [-0.25, -0.2) is 4.39 Å².